The van der Waals surface area contributed by atoms with E-state index in [1.807, 2.05) is 24.8 Å². The highest BCUT2D eigenvalue weighted by Gasteiger charge is 1.96. The number of hydrogen-bond donors (Lipinski definition) is 2. The van der Waals surface area contributed by atoms with Gasteiger partial charge in [-0.25, -0.2) is 4.57 Å². The van der Waals surface area contributed by atoms with E-state index >= 15 is 0 Å². The average Bonchev–Trinajstić information content (AvgIpc) is 2.73. The Kier molecular flexibility index (Phi) is 8.21. The number of rotatable bonds is 2. The lowest BCUT2D eigenvalue weighted by molar-refractivity contribution is -0.687. The molecule has 0 unspecified atom stereocenters. The number of benzene rings is 1. The van der Waals surface area contributed by atoms with Crippen LogP contribution in [-0.4, -0.2) is 16.7 Å². The lowest BCUT2D eigenvalue weighted by Crippen LogP contribution is -3.00. The Hall–Kier alpha value is -1.32. The first kappa shape index (κ1) is 14.7. The molecule has 0 aliphatic rings. The molecule has 2 rings (SSSR count). The van der Waals surface area contributed by atoms with Crippen molar-refractivity contribution < 1.29 is 22.1 Å². The van der Waals surface area contributed by atoms with Crippen LogP contribution < -0.4 is 17.0 Å². The third kappa shape index (κ3) is 5.53. The minimum Gasteiger partial charge on any atom is -1.00 e. The Balaban J connectivity index is 0.000000511. The van der Waals surface area contributed by atoms with Crippen LogP contribution >= 0.6 is 0 Å². The number of aliphatic hydroxyl groups excluding tert-OH is 1. The summed E-state index contributed by atoms with van der Waals surface area (Å²) >= 11 is 0. The van der Waals surface area contributed by atoms with Gasteiger partial charge in [0.2, 0.25) is 6.33 Å². The van der Waals surface area contributed by atoms with Crippen molar-refractivity contribution in [2.75, 3.05) is 6.61 Å². The molecule has 0 aliphatic heterocycles. The first-order valence-electron chi connectivity index (χ1n) is 5.03. The molecule has 0 aliphatic carbocycles. The summed E-state index contributed by atoms with van der Waals surface area (Å²) in [5.41, 5.74) is 1.32. The van der Waals surface area contributed by atoms with Gasteiger partial charge < -0.3 is 17.5 Å². The van der Waals surface area contributed by atoms with Crippen LogP contribution in [-0.2, 0) is 6.54 Å². The van der Waals surface area contributed by atoms with E-state index in [4.69, 9.17) is 5.11 Å². The summed E-state index contributed by atoms with van der Waals surface area (Å²) in [7, 11) is 0. The number of nitrogens with one attached hydrogen (secondary N) is 1. The van der Waals surface area contributed by atoms with Crippen LogP contribution in [0.25, 0.3) is 0 Å². The van der Waals surface area contributed by atoms with E-state index in [0.717, 1.165) is 6.54 Å². The topological polar surface area (TPSA) is 39.9 Å². The molecule has 0 saturated heterocycles. The second-order valence-corrected chi connectivity index (χ2v) is 3.09. The van der Waals surface area contributed by atoms with Gasteiger partial charge in [-0.05, 0) is 12.5 Å². The van der Waals surface area contributed by atoms with Gasteiger partial charge in [-0.3, -0.25) is 4.98 Å². The summed E-state index contributed by atoms with van der Waals surface area (Å²) < 4.78 is 2.11. The van der Waals surface area contributed by atoms with Crippen LogP contribution in [0.4, 0.5) is 0 Å². The van der Waals surface area contributed by atoms with Gasteiger partial charge in [-0.2, -0.15) is 0 Å². The van der Waals surface area contributed by atoms with Crippen molar-refractivity contribution in [1.29, 1.82) is 0 Å². The zero-order valence-corrected chi connectivity index (χ0v) is 10.1. The zero-order chi connectivity index (χ0) is 10.9. The molecule has 2 N–H and O–H groups in total. The maximum atomic E-state index is 7.57. The lowest BCUT2D eigenvalue weighted by Gasteiger charge is -1.95. The molecule has 0 spiro atoms. The predicted octanol–water partition coefficient (Wildman–Crippen LogP) is -1.65. The van der Waals surface area contributed by atoms with Crippen molar-refractivity contribution in [3.05, 3.63) is 54.6 Å². The minimum absolute atomic E-state index is 0. The third-order valence-corrected chi connectivity index (χ3v) is 1.81. The fourth-order valence-corrected chi connectivity index (χ4v) is 1.21. The summed E-state index contributed by atoms with van der Waals surface area (Å²) in [4.78, 5) is 3.01. The summed E-state index contributed by atoms with van der Waals surface area (Å²) in [5.74, 6) is 0. The van der Waals surface area contributed by atoms with Crippen molar-refractivity contribution >= 4 is 0 Å². The second kappa shape index (κ2) is 8.95. The van der Waals surface area contributed by atoms with E-state index in [2.05, 4.69) is 33.8 Å². The highest BCUT2D eigenvalue weighted by molar-refractivity contribution is 5.13. The van der Waals surface area contributed by atoms with Crippen LogP contribution in [0.1, 0.15) is 12.5 Å². The molecule has 0 bridgehead atoms. The van der Waals surface area contributed by atoms with Crippen molar-refractivity contribution in [3.63, 3.8) is 0 Å². The van der Waals surface area contributed by atoms with Crippen molar-refractivity contribution in [3.8, 4) is 0 Å². The lowest BCUT2D eigenvalue weighted by atomic mass is 10.2. The van der Waals surface area contributed by atoms with E-state index in [1.54, 1.807) is 6.92 Å². The highest BCUT2D eigenvalue weighted by Crippen LogP contribution is 1.96. The Morgan fingerprint density at radius 1 is 1.25 bits per heavy atom. The normalized spacial score (nSPS) is 8.62. The number of aromatic nitrogens is 2. The van der Waals surface area contributed by atoms with Gasteiger partial charge in [0.1, 0.15) is 18.9 Å². The second-order valence-electron chi connectivity index (χ2n) is 3.09. The number of H-pyrrole nitrogens is 1. The number of aromatic amines is 1. The molecule has 0 radical (unpaired) electrons. The van der Waals surface area contributed by atoms with Gasteiger partial charge in [-0.15, -0.1) is 0 Å². The molecule has 3 nitrogen and oxygen atoms in total. The molecule has 4 heteroatoms. The van der Waals surface area contributed by atoms with E-state index in [-0.39, 0.29) is 19.0 Å². The van der Waals surface area contributed by atoms with E-state index < -0.39 is 0 Å². The maximum Gasteiger partial charge on any atom is 0.241 e. The number of imidazole rings is 1. The van der Waals surface area contributed by atoms with Crippen molar-refractivity contribution in [2.24, 2.45) is 0 Å². The largest absolute Gasteiger partial charge is 1.00 e. The SMILES string of the molecule is CCO.[Cl-].c1ccc(C[n+]2cc[nH]c2)cc1. The minimum atomic E-state index is 0. The Morgan fingerprint density at radius 2 is 1.88 bits per heavy atom. The predicted molar refractivity (Wildman–Crippen MR) is 59.3 cm³/mol. The van der Waals surface area contributed by atoms with E-state index in [0.29, 0.717) is 0 Å². The molecule has 2 aromatic rings. The third-order valence-electron chi connectivity index (χ3n) is 1.81. The number of nitrogens with zero attached hydrogens (tertiary/aromatic N) is 1. The van der Waals surface area contributed by atoms with Gasteiger partial charge in [0, 0.05) is 6.61 Å². The quantitative estimate of drug-likeness (QED) is 0.607. The molecule has 88 valence electrons. The van der Waals surface area contributed by atoms with Crippen LogP contribution in [0.15, 0.2) is 49.1 Å². The van der Waals surface area contributed by atoms with Crippen LogP contribution in [0.5, 0.6) is 0 Å². The van der Waals surface area contributed by atoms with Crippen LogP contribution in [0.3, 0.4) is 0 Å². The molecule has 1 heterocycles. The highest BCUT2D eigenvalue weighted by atomic mass is 35.5. The number of aliphatic hydroxyl groups is 1. The van der Waals surface area contributed by atoms with Crippen molar-refractivity contribution in [1.82, 2.24) is 4.98 Å². The number of hydrogen-bond acceptors (Lipinski definition) is 1. The summed E-state index contributed by atoms with van der Waals surface area (Å²) in [6, 6.07) is 10.4. The first-order valence-corrected chi connectivity index (χ1v) is 5.03. The zero-order valence-electron chi connectivity index (χ0n) is 9.31. The van der Waals surface area contributed by atoms with Crippen molar-refractivity contribution in [2.45, 2.75) is 13.5 Å². The molecule has 1 aromatic heterocycles. The van der Waals surface area contributed by atoms with E-state index in [9.17, 15) is 0 Å². The van der Waals surface area contributed by atoms with Gasteiger partial charge >= 0.3 is 0 Å². The first-order chi connectivity index (χ1) is 7.36. The van der Waals surface area contributed by atoms with Crippen LogP contribution in [0.2, 0.25) is 0 Å². The van der Waals surface area contributed by atoms with Gasteiger partial charge in [-0.1, -0.05) is 30.3 Å². The van der Waals surface area contributed by atoms with E-state index in [1.165, 1.54) is 5.56 Å². The molecule has 0 saturated carbocycles. The number of halogens is 1. The van der Waals surface area contributed by atoms with Crippen LogP contribution in [0, 0.1) is 0 Å². The summed E-state index contributed by atoms with van der Waals surface area (Å²) in [5, 5.41) is 7.57. The molecule has 0 amide bonds. The summed E-state index contributed by atoms with van der Waals surface area (Å²) in [6.07, 6.45) is 5.89. The standard InChI is InChI=1S/C10H10N2.C2H6O.ClH/c1-2-4-10(5-3-1)8-12-7-6-11-9-12;1-2-3;/h1-7,9H,8H2;3H,2H2,1H3;1H. The van der Waals surface area contributed by atoms with Gasteiger partial charge in [0.15, 0.2) is 0 Å². The Morgan fingerprint density at radius 3 is 2.38 bits per heavy atom. The molecular weight excluding hydrogens is 224 g/mol. The molecule has 16 heavy (non-hydrogen) atoms. The molecular formula is C12H17ClN2O. The smallest absolute Gasteiger partial charge is 0.241 e. The molecule has 1 aromatic carbocycles. The average molecular weight is 241 g/mol. The maximum absolute atomic E-state index is 7.57. The monoisotopic (exact) mass is 240 g/mol. The summed E-state index contributed by atoms with van der Waals surface area (Å²) in [6.45, 7) is 2.87. The van der Waals surface area contributed by atoms with Gasteiger partial charge in [0.05, 0.1) is 0 Å². The van der Waals surface area contributed by atoms with Gasteiger partial charge in [0.25, 0.3) is 0 Å². The Labute approximate surface area is 102 Å². The fourth-order valence-electron chi connectivity index (χ4n) is 1.21. The Bertz CT molecular complexity index is 348. The molecule has 0 atom stereocenters. The molecule has 0 fully saturated rings. The fraction of sp³-hybridized carbons (Fsp3) is 0.250.